The van der Waals surface area contributed by atoms with Crippen LogP contribution in [0.25, 0.3) is 33.7 Å². The molecule has 0 saturated carbocycles. The zero-order chi connectivity index (χ0) is 17.2. The van der Waals surface area contributed by atoms with E-state index in [-0.39, 0.29) is 0 Å². The molecule has 0 N–H and O–H groups in total. The number of ether oxygens (including phenoxy) is 2. The molecule has 25 heavy (non-hydrogen) atoms. The van der Waals surface area contributed by atoms with Crippen molar-refractivity contribution in [3.05, 3.63) is 60.7 Å². The van der Waals surface area contributed by atoms with Gasteiger partial charge in [-0.1, -0.05) is 12.1 Å². The van der Waals surface area contributed by atoms with Crippen LogP contribution in [0, 0.1) is 0 Å². The van der Waals surface area contributed by atoms with E-state index < -0.39 is 0 Å². The Labute approximate surface area is 144 Å². The maximum Gasteiger partial charge on any atom is 0.248 e. The van der Waals surface area contributed by atoms with Crippen molar-refractivity contribution in [1.82, 2.24) is 10.2 Å². The molecule has 4 rings (SSSR count). The van der Waals surface area contributed by atoms with Gasteiger partial charge in [-0.3, -0.25) is 0 Å². The standard InChI is InChI=1S/C20H16N2O3/c1-23-17-8-5-13(6-9-17)19-21-22-20(25-19)16-4-3-15-12-18(24-2)10-7-14(15)11-16/h3-12H,1-2H3. The van der Waals surface area contributed by atoms with E-state index in [0.717, 1.165) is 33.4 Å². The summed E-state index contributed by atoms with van der Waals surface area (Å²) in [5.74, 6) is 2.59. The second-order valence-corrected chi connectivity index (χ2v) is 5.57. The Kier molecular flexibility index (Phi) is 3.82. The third kappa shape index (κ3) is 2.92. The lowest BCUT2D eigenvalue weighted by atomic mass is 10.1. The first-order valence-corrected chi connectivity index (χ1v) is 7.83. The summed E-state index contributed by atoms with van der Waals surface area (Å²) < 4.78 is 16.3. The quantitative estimate of drug-likeness (QED) is 0.548. The van der Waals surface area contributed by atoms with Crippen molar-refractivity contribution in [2.24, 2.45) is 0 Å². The van der Waals surface area contributed by atoms with Gasteiger partial charge < -0.3 is 13.9 Å². The number of hydrogen-bond donors (Lipinski definition) is 0. The zero-order valence-corrected chi connectivity index (χ0v) is 13.9. The average molecular weight is 332 g/mol. The smallest absolute Gasteiger partial charge is 0.248 e. The summed E-state index contributed by atoms with van der Waals surface area (Å²) in [4.78, 5) is 0. The first-order valence-electron chi connectivity index (χ1n) is 7.83. The highest BCUT2D eigenvalue weighted by atomic mass is 16.5. The minimum Gasteiger partial charge on any atom is -0.497 e. The number of nitrogens with zero attached hydrogens (tertiary/aromatic N) is 2. The Morgan fingerprint density at radius 1 is 0.640 bits per heavy atom. The molecule has 0 spiro atoms. The van der Waals surface area contributed by atoms with Crippen LogP contribution in [0.15, 0.2) is 65.1 Å². The molecule has 4 aromatic rings. The van der Waals surface area contributed by atoms with Crippen LogP contribution in [-0.2, 0) is 0 Å². The van der Waals surface area contributed by atoms with Crippen LogP contribution in [0.5, 0.6) is 11.5 Å². The Morgan fingerprint density at radius 2 is 1.20 bits per heavy atom. The Hall–Kier alpha value is -3.34. The van der Waals surface area contributed by atoms with Crippen LogP contribution in [0.3, 0.4) is 0 Å². The van der Waals surface area contributed by atoms with Gasteiger partial charge >= 0.3 is 0 Å². The third-order valence-electron chi connectivity index (χ3n) is 4.06. The molecule has 0 fully saturated rings. The number of hydrogen-bond acceptors (Lipinski definition) is 5. The molecule has 1 heterocycles. The second kappa shape index (κ2) is 6.28. The summed E-state index contributed by atoms with van der Waals surface area (Å²) in [5, 5.41) is 10.5. The maximum atomic E-state index is 5.84. The molecule has 124 valence electrons. The predicted octanol–water partition coefficient (Wildman–Crippen LogP) is 4.57. The fourth-order valence-corrected chi connectivity index (χ4v) is 2.67. The highest BCUT2D eigenvalue weighted by Crippen LogP contribution is 2.28. The molecule has 3 aromatic carbocycles. The molecule has 5 nitrogen and oxygen atoms in total. The van der Waals surface area contributed by atoms with Crippen molar-refractivity contribution >= 4 is 10.8 Å². The van der Waals surface area contributed by atoms with Crippen molar-refractivity contribution in [2.75, 3.05) is 14.2 Å². The van der Waals surface area contributed by atoms with Crippen LogP contribution >= 0.6 is 0 Å². The lowest BCUT2D eigenvalue weighted by molar-refractivity contribution is 0.415. The second-order valence-electron chi connectivity index (χ2n) is 5.57. The normalized spacial score (nSPS) is 10.8. The molecule has 0 aliphatic rings. The summed E-state index contributed by atoms with van der Waals surface area (Å²) in [6.45, 7) is 0. The first-order chi connectivity index (χ1) is 12.3. The molecular weight excluding hydrogens is 316 g/mol. The number of benzene rings is 3. The van der Waals surface area contributed by atoms with Gasteiger partial charge in [0, 0.05) is 11.1 Å². The minimum atomic E-state index is 0.479. The summed E-state index contributed by atoms with van der Waals surface area (Å²) >= 11 is 0. The Bertz CT molecular complexity index is 1020. The number of fused-ring (bicyclic) bond motifs is 1. The number of methoxy groups -OCH3 is 2. The maximum absolute atomic E-state index is 5.84. The van der Waals surface area contributed by atoms with E-state index in [0.29, 0.717) is 11.8 Å². The van der Waals surface area contributed by atoms with E-state index in [2.05, 4.69) is 10.2 Å². The van der Waals surface area contributed by atoms with Crippen molar-refractivity contribution in [3.63, 3.8) is 0 Å². The van der Waals surface area contributed by atoms with Gasteiger partial charge in [0.25, 0.3) is 0 Å². The van der Waals surface area contributed by atoms with Gasteiger partial charge in [0.1, 0.15) is 11.5 Å². The van der Waals surface area contributed by atoms with Crippen LogP contribution in [0.2, 0.25) is 0 Å². The van der Waals surface area contributed by atoms with E-state index in [4.69, 9.17) is 13.9 Å². The van der Waals surface area contributed by atoms with Crippen LogP contribution in [-0.4, -0.2) is 24.4 Å². The molecule has 0 amide bonds. The highest BCUT2D eigenvalue weighted by molar-refractivity contribution is 5.87. The summed E-state index contributed by atoms with van der Waals surface area (Å²) in [7, 11) is 3.30. The molecule has 0 aliphatic carbocycles. The minimum absolute atomic E-state index is 0.479. The summed E-state index contributed by atoms with van der Waals surface area (Å²) in [6, 6.07) is 19.5. The SMILES string of the molecule is COc1ccc(-c2nnc(-c3ccc4cc(OC)ccc4c3)o2)cc1. The third-order valence-corrected chi connectivity index (χ3v) is 4.06. The fraction of sp³-hybridized carbons (Fsp3) is 0.100. The van der Waals surface area contributed by atoms with E-state index in [1.54, 1.807) is 14.2 Å². The Balaban J connectivity index is 1.68. The summed E-state index contributed by atoms with van der Waals surface area (Å²) in [5.41, 5.74) is 1.73. The molecule has 0 atom stereocenters. The van der Waals surface area contributed by atoms with E-state index in [1.807, 2.05) is 60.7 Å². The Morgan fingerprint density at radius 3 is 1.92 bits per heavy atom. The average Bonchev–Trinajstić information content (AvgIpc) is 3.17. The fourth-order valence-electron chi connectivity index (χ4n) is 2.67. The molecule has 0 radical (unpaired) electrons. The topological polar surface area (TPSA) is 57.4 Å². The number of rotatable bonds is 4. The largest absolute Gasteiger partial charge is 0.497 e. The number of aromatic nitrogens is 2. The molecule has 0 saturated heterocycles. The highest BCUT2D eigenvalue weighted by Gasteiger charge is 2.11. The molecule has 0 aliphatic heterocycles. The van der Waals surface area contributed by atoms with Crippen LogP contribution < -0.4 is 9.47 Å². The zero-order valence-electron chi connectivity index (χ0n) is 13.9. The predicted molar refractivity (Wildman–Crippen MR) is 95.8 cm³/mol. The molecule has 0 unspecified atom stereocenters. The van der Waals surface area contributed by atoms with Crippen molar-refractivity contribution < 1.29 is 13.9 Å². The van der Waals surface area contributed by atoms with Gasteiger partial charge in [-0.25, -0.2) is 0 Å². The van der Waals surface area contributed by atoms with Crippen molar-refractivity contribution in [3.8, 4) is 34.4 Å². The van der Waals surface area contributed by atoms with Crippen LogP contribution in [0.1, 0.15) is 0 Å². The van der Waals surface area contributed by atoms with Gasteiger partial charge in [-0.05, 0) is 59.3 Å². The van der Waals surface area contributed by atoms with Crippen molar-refractivity contribution in [1.29, 1.82) is 0 Å². The molecular formula is C20H16N2O3. The summed E-state index contributed by atoms with van der Waals surface area (Å²) in [6.07, 6.45) is 0. The van der Waals surface area contributed by atoms with Crippen molar-refractivity contribution in [2.45, 2.75) is 0 Å². The van der Waals surface area contributed by atoms with E-state index in [1.165, 1.54) is 0 Å². The molecule has 1 aromatic heterocycles. The lowest BCUT2D eigenvalue weighted by Gasteiger charge is -2.03. The van der Waals surface area contributed by atoms with Gasteiger partial charge in [0.15, 0.2) is 0 Å². The van der Waals surface area contributed by atoms with E-state index in [9.17, 15) is 0 Å². The van der Waals surface area contributed by atoms with Crippen LogP contribution in [0.4, 0.5) is 0 Å². The monoisotopic (exact) mass is 332 g/mol. The lowest BCUT2D eigenvalue weighted by Crippen LogP contribution is -1.83. The van der Waals surface area contributed by atoms with Gasteiger partial charge in [0.05, 0.1) is 14.2 Å². The molecule has 5 heteroatoms. The van der Waals surface area contributed by atoms with Gasteiger partial charge in [-0.2, -0.15) is 0 Å². The first kappa shape index (κ1) is 15.2. The van der Waals surface area contributed by atoms with Gasteiger partial charge in [0.2, 0.25) is 11.8 Å². The molecule has 0 bridgehead atoms. The van der Waals surface area contributed by atoms with Gasteiger partial charge in [-0.15, -0.1) is 10.2 Å². The van der Waals surface area contributed by atoms with E-state index >= 15 is 0 Å².